The third kappa shape index (κ3) is 7.93. The number of halogens is 1. The van der Waals surface area contributed by atoms with E-state index in [0.717, 1.165) is 29.8 Å². The second-order valence-corrected chi connectivity index (χ2v) is 6.83. The van der Waals surface area contributed by atoms with Gasteiger partial charge in [0.05, 0.1) is 0 Å². The molecule has 2 aromatic rings. The largest absolute Gasteiger partial charge is 0.387 e. The Morgan fingerprint density at radius 1 is 1.18 bits per heavy atom. The van der Waals surface area contributed by atoms with Gasteiger partial charge in [-0.3, -0.25) is 4.79 Å². The van der Waals surface area contributed by atoms with Crippen LogP contribution in [-0.4, -0.2) is 49.7 Å². The van der Waals surface area contributed by atoms with Crippen LogP contribution in [0.2, 0.25) is 0 Å². The Balaban J connectivity index is 0.00000190. The van der Waals surface area contributed by atoms with E-state index < -0.39 is 12.5 Å². The number of aliphatic hydroxyl groups is 1. The Kier molecular flexibility index (Phi) is 11.4. The first-order valence-corrected chi connectivity index (χ1v) is 10.1. The number of carbonyl (C=O) groups excluding carboxylic acids is 1. The van der Waals surface area contributed by atoms with E-state index in [1.165, 1.54) is 11.3 Å². The van der Waals surface area contributed by atoms with Crippen LogP contribution in [0.3, 0.4) is 0 Å². The molecule has 0 aliphatic carbocycles. The summed E-state index contributed by atoms with van der Waals surface area (Å²) < 4.78 is 1.07. The van der Waals surface area contributed by atoms with Crippen LogP contribution >= 0.6 is 28.1 Å². The number of nitrogens with two attached hydrogens (primary N) is 1. The van der Waals surface area contributed by atoms with Crippen molar-refractivity contribution in [2.75, 3.05) is 48.3 Å². The van der Waals surface area contributed by atoms with E-state index >= 15 is 0 Å². The number of anilines is 3. The van der Waals surface area contributed by atoms with E-state index in [1.54, 1.807) is 12.1 Å². The number of hydrogen-bond acceptors (Lipinski definition) is 6. The van der Waals surface area contributed by atoms with Gasteiger partial charge in [0.1, 0.15) is 6.61 Å². The molecule has 2 rings (SSSR count). The van der Waals surface area contributed by atoms with Crippen molar-refractivity contribution in [3.05, 3.63) is 52.5 Å². The summed E-state index contributed by atoms with van der Waals surface area (Å²) in [5, 5.41) is 14.7. The molecule has 5 N–H and O–H groups in total. The predicted molar refractivity (Wildman–Crippen MR) is 126 cm³/mol. The molecule has 8 heteroatoms. The molecular weight excluding hydrogens is 440 g/mol. The second kappa shape index (κ2) is 13.2. The lowest BCUT2D eigenvalue weighted by atomic mass is 10.2. The molecule has 6 nitrogen and oxygen atoms in total. The molecule has 0 radical (unpaired) electrons. The summed E-state index contributed by atoms with van der Waals surface area (Å²) in [5.74, 6) is 2.41. The van der Waals surface area contributed by atoms with Gasteiger partial charge in [0.15, 0.2) is 0 Å². The molecule has 0 unspecified atom stereocenters. The summed E-state index contributed by atoms with van der Waals surface area (Å²) in [4.78, 5) is 13.4. The zero-order chi connectivity index (χ0) is 20.9. The number of carbonyl (C=O) groups is 1. The Morgan fingerprint density at radius 2 is 1.82 bits per heavy atom. The molecule has 0 fully saturated rings. The maximum Gasteiger partial charge on any atom is 0.250 e. The van der Waals surface area contributed by atoms with Gasteiger partial charge in [-0.1, -0.05) is 28.1 Å². The van der Waals surface area contributed by atoms with Gasteiger partial charge < -0.3 is 26.4 Å². The Morgan fingerprint density at radius 3 is 2.39 bits per heavy atom. The van der Waals surface area contributed by atoms with Gasteiger partial charge >= 0.3 is 0 Å². The molecule has 0 heterocycles. The van der Waals surface area contributed by atoms with Gasteiger partial charge in [-0.2, -0.15) is 0 Å². The van der Waals surface area contributed by atoms with E-state index in [4.69, 9.17) is 10.8 Å². The van der Waals surface area contributed by atoms with E-state index in [0.29, 0.717) is 12.2 Å². The maximum atomic E-state index is 11.2. The molecule has 28 heavy (non-hydrogen) atoms. The molecule has 0 atom stereocenters. The number of amides is 1. The molecule has 152 valence electrons. The Hall–Kier alpha value is -2.00. The highest BCUT2D eigenvalue weighted by Crippen LogP contribution is 2.23. The number of rotatable bonds is 9. The molecule has 0 saturated heterocycles. The Bertz CT molecular complexity index is 743. The van der Waals surface area contributed by atoms with Crippen LogP contribution in [0.25, 0.3) is 0 Å². The van der Waals surface area contributed by atoms with E-state index in [9.17, 15) is 4.79 Å². The highest BCUT2D eigenvalue weighted by atomic mass is 79.9. The minimum atomic E-state index is -0.521. The van der Waals surface area contributed by atoms with Crippen LogP contribution < -0.4 is 21.3 Å². The summed E-state index contributed by atoms with van der Waals surface area (Å²) in [6, 6.07) is 13.6. The van der Waals surface area contributed by atoms with Gasteiger partial charge in [-0.25, -0.2) is 0 Å². The van der Waals surface area contributed by atoms with Crippen LogP contribution in [-0.2, 0) is 4.79 Å². The predicted octanol–water partition coefficient (Wildman–Crippen LogP) is 3.18. The third-order valence-electron chi connectivity index (χ3n) is 3.92. The third-order valence-corrected chi connectivity index (χ3v) is 4.41. The first-order valence-electron chi connectivity index (χ1n) is 8.78. The standard InChI is InChI=1S/C19H25BrN4O2.CH2S/c1-14-12-15(20)2-7-18(14)24(10-8-21)11-9-22-16-3-5-17(6-4-16)23-19(26)13-25;1-2/h2-7,12,22,25H,8-11,13,21H2,1H3,(H,23,26);1H2. The summed E-state index contributed by atoms with van der Waals surface area (Å²) in [6.45, 7) is 4.54. The van der Waals surface area contributed by atoms with Crippen LogP contribution in [0, 0.1) is 6.92 Å². The Labute approximate surface area is 180 Å². The van der Waals surface area contributed by atoms with Crippen LogP contribution in [0.1, 0.15) is 5.56 Å². The van der Waals surface area contributed by atoms with Crippen molar-refractivity contribution in [2.24, 2.45) is 5.73 Å². The molecule has 1 amide bonds. The number of aryl methyl sites for hydroxylation is 1. The van der Waals surface area contributed by atoms with Crippen molar-refractivity contribution in [1.82, 2.24) is 0 Å². The van der Waals surface area contributed by atoms with Crippen molar-refractivity contribution in [1.29, 1.82) is 0 Å². The molecule has 0 aromatic heterocycles. The molecule has 0 spiro atoms. The smallest absolute Gasteiger partial charge is 0.250 e. The molecule has 0 aliphatic heterocycles. The van der Waals surface area contributed by atoms with E-state index in [1.807, 2.05) is 18.2 Å². The molecule has 0 bridgehead atoms. The molecule has 0 saturated carbocycles. The van der Waals surface area contributed by atoms with Crippen LogP contribution in [0.5, 0.6) is 0 Å². The average Bonchev–Trinajstić information content (AvgIpc) is 2.70. The first-order chi connectivity index (χ1) is 13.5. The summed E-state index contributed by atoms with van der Waals surface area (Å²) in [6.07, 6.45) is 0. The number of nitrogens with one attached hydrogen (secondary N) is 2. The zero-order valence-electron chi connectivity index (χ0n) is 16.0. The number of benzene rings is 2. The van der Waals surface area contributed by atoms with E-state index in [-0.39, 0.29) is 0 Å². The molecule has 2 aromatic carbocycles. The lowest BCUT2D eigenvalue weighted by molar-refractivity contribution is -0.118. The fourth-order valence-corrected chi connectivity index (χ4v) is 3.16. The monoisotopic (exact) mass is 466 g/mol. The lowest BCUT2D eigenvalue weighted by Crippen LogP contribution is -2.34. The molecular formula is C20H27BrN4O2S. The summed E-state index contributed by atoms with van der Waals surface area (Å²) in [5.41, 5.74) is 9.78. The van der Waals surface area contributed by atoms with Crippen molar-refractivity contribution >= 4 is 57.0 Å². The second-order valence-electron chi connectivity index (χ2n) is 5.92. The van der Waals surface area contributed by atoms with Gasteiger partial charge in [0.2, 0.25) is 5.91 Å². The van der Waals surface area contributed by atoms with Crippen molar-refractivity contribution in [3.63, 3.8) is 0 Å². The minimum Gasteiger partial charge on any atom is -0.387 e. The van der Waals surface area contributed by atoms with Gasteiger partial charge in [0.25, 0.3) is 0 Å². The van der Waals surface area contributed by atoms with Crippen molar-refractivity contribution in [3.8, 4) is 0 Å². The number of aliphatic hydroxyl groups excluding tert-OH is 1. The van der Waals surface area contributed by atoms with Gasteiger partial charge in [-0.05, 0) is 60.8 Å². The number of hydrogen-bond donors (Lipinski definition) is 4. The lowest BCUT2D eigenvalue weighted by Gasteiger charge is -2.26. The summed E-state index contributed by atoms with van der Waals surface area (Å²) in [7, 11) is 0. The van der Waals surface area contributed by atoms with E-state index in [2.05, 4.69) is 68.6 Å². The topological polar surface area (TPSA) is 90.6 Å². The maximum absolute atomic E-state index is 11.2. The molecule has 0 aliphatic rings. The zero-order valence-corrected chi connectivity index (χ0v) is 18.4. The normalized spacial score (nSPS) is 9.86. The fourth-order valence-electron chi connectivity index (χ4n) is 2.69. The van der Waals surface area contributed by atoms with Crippen LogP contribution in [0.4, 0.5) is 17.1 Å². The number of nitrogens with zero attached hydrogens (tertiary/aromatic N) is 1. The van der Waals surface area contributed by atoms with Gasteiger partial charge in [0, 0.05) is 47.7 Å². The van der Waals surface area contributed by atoms with Crippen molar-refractivity contribution in [2.45, 2.75) is 6.92 Å². The fraction of sp³-hybridized carbons (Fsp3) is 0.300. The number of thiocarbonyl (C=S) groups is 1. The quantitative estimate of drug-likeness (QED) is 0.424. The SMILES string of the molecule is C=S.Cc1cc(Br)ccc1N(CCN)CCNc1ccc(NC(=O)CO)cc1. The highest BCUT2D eigenvalue weighted by molar-refractivity contribution is 9.10. The van der Waals surface area contributed by atoms with Crippen LogP contribution in [0.15, 0.2) is 46.9 Å². The van der Waals surface area contributed by atoms with Crippen molar-refractivity contribution < 1.29 is 9.90 Å². The first kappa shape index (κ1) is 24.0. The minimum absolute atomic E-state index is 0.423. The van der Waals surface area contributed by atoms with Gasteiger partial charge in [-0.15, -0.1) is 0 Å². The summed E-state index contributed by atoms with van der Waals surface area (Å²) >= 11 is 7.33. The highest BCUT2D eigenvalue weighted by Gasteiger charge is 2.09. The average molecular weight is 467 g/mol.